The number of hydrogen-bond acceptors (Lipinski definition) is 4. The van der Waals surface area contributed by atoms with E-state index in [1.165, 1.54) is 5.56 Å². The zero-order valence-electron chi connectivity index (χ0n) is 17.7. The third-order valence-electron chi connectivity index (χ3n) is 6.20. The first-order chi connectivity index (χ1) is 14.6. The summed E-state index contributed by atoms with van der Waals surface area (Å²) in [7, 11) is 1.63. The molecule has 1 atom stereocenters. The number of ether oxygens (including phenoxy) is 1. The molecule has 2 fully saturated rings. The lowest BCUT2D eigenvalue weighted by Crippen LogP contribution is -2.53. The Bertz CT molecular complexity index is 904. The van der Waals surface area contributed by atoms with Gasteiger partial charge < -0.3 is 14.5 Å². The molecule has 0 aromatic heterocycles. The average Bonchev–Trinajstić information content (AvgIpc) is 3.19. The second kappa shape index (κ2) is 8.88. The van der Waals surface area contributed by atoms with Crippen molar-refractivity contribution in [3.63, 3.8) is 0 Å². The monoisotopic (exact) mass is 407 g/mol. The maximum absolute atomic E-state index is 13.1. The minimum Gasteiger partial charge on any atom is -0.495 e. The number of para-hydroxylation sites is 2. The van der Waals surface area contributed by atoms with Crippen LogP contribution in [0.1, 0.15) is 29.3 Å². The molecule has 2 aromatic rings. The molecular formula is C24H29N3O3. The minimum absolute atomic E-state index is 0.0747. The molecule has 0 radical (unpaired) electrons. The summed E-state index contributed by atoms with van der Waals surface area (Å²) in [6.45, 7) is 5.52. The molecule has 2 heterocycles. The van der Waals surface area contributed by atoms with Gasteiger partial charge in [-0.15, -0.1) is 0 Å². The first-order valence-electron chi connectivity index (χ1n) is 10.7. The van der Waals surface area contributed by atoms with Crippen molar-refractivity contribution in [3.05, 3.63) is 59.7 Å². The molecule has 1 unspecified atom stereocenters. The SMILES string of the molecule is CCc1ccc(C(=O)N2CCN(C3CCN(c4ccccc4OC)C3=O)CC2)cc1. The van der Waals surface area contributed by atoms with Crippen molar-refractivity contribution in [1.82, 2.24) is 9.80 Å². The Morgan fingerprint density at radius 3 is 2.37 bits per heavy atom. The minimum atomic E-state index is -0.129. The van der Waals surface area contributed by atoms with Crippen LogP contribution in [0.2, 0.25) is 0 Å². The van der Waals surface area contributed by atoms with Gasteiger partial charge in [0.25, 0.3) is 5.91 Å². The molecule has 4 rings (SSSR count). The van der Waals surface area contributed by atoms with Crippen molar-refractivity contribution in [1.29, 1.82) is 0 Å². The van der Waals surface area contributed by atoms with Crippen LogP contribution < -0.4 is 9.64 Å². The van der Waals surface area contributed by atoms with Gasteiger partial charge in [0.2, 0.25) is 5.91 Å². The summed E-state index contributed by atoms with van der Waals surface area (Å²) in [5.74, 6) is 0.913. The number of piperazine rings is 1. The van der Waals surface area contributed by atoms with Crippen LogP contribution in [-0.4, -0.2) is 67.5 Å². The smallest absolute Gasteiger partial charge is 0.253 e. The topological polar surface area (TPSA) is 53.1 Å². The maximum atomic E-state index is 13.1. The summed E-state index contributed by atoms with van der Waals surface area (Å²) in [4.78, 5) is 31.9. The molecule has 6 nitrogen and oxygen atoms in total. The molecule has 2 saturated heterocycles. The van der Waals surface area contributed by atoms with Gasteiger partial charge in [0, 0.05) is 38.3 Å². The van der Waals surface area contributed by atoms with Gasteiger partial charge in [0.1, 0.15) is 5.75 Å². The summed E-state index contributed by atoms with van der Waals surface area (Å²) >= 11 is 0. The van der Waals surface area contributed by atoms with Gasteiger partial charge in [0.15, 0.2) is 0 Å². The summed E-state index contributed by atoms with van der Waals surface area (Å²) in [6.07, 6.45) is 1.76. The number of anilines is 1. The lowest BCUT2D eigenvalue weighted by atomic mass is 10.1. The van der Waals surface area contributed by atoms with Gasteiger partial charge in [-0.2, -0.15) is 0 Å². The molecular weight excluding hydrogens is 378 g/mol. The van der Waals surface area contributed by atoms with Crippen LogP contribution in [0.4, 0.5) is 5.69 Å². The zero-order chi connectivity index (χ0) is 21.1. The summed E-state index contributed by atoms with van der Waals surface area (Å²) in [6, 6.07) is 15.4. The number of hydrogen-bond donors (Lipinski definition) is 0. The van der Waals surface area contributed by atoms with Gasteiger partial charge >= 0.3 is 0 Å². The van der Waals surface area contributed by atoms with E-state index in [0.717, 1.165) is 42.9 Å². The van der Waals surface area contributed by atoms with Crippen molar-refractivity contribution in [3.8, 4) is 5.75 Å². The first kappa shape index (κ1) is 20.4. The van der Waals surface area contributed by atoms with Crippen molar-refractivity contribution in [2.45, 2.75) is 25.8 Å². The second-order valence-electron chi connectivity index (χ2n) is 7.84. The molecule has 30 heavy (non-hydrogen) atoms. The van der Waals surface area contributed by atoms with Crippen molar-refractivity contribution < 1.29 is 14.3 Å². The molecule has 2 aliphatic rings. The van der Waals surface area contributed by atoms with Gasteiger partial charge in [-0.25, -0.2) is 0 Å². The van der Waals surface area contributed by atoms with Crippen molar-refractivity contribution >= 4 is 17.5 Å². The van der Waals surface area contributed by atoms with Gasteiger partial charge in [0.05, 0.1) is 18.8 Å². The van der Waals surface area contributed by atoms with E-state index in [1.807, 2.05) is 58.3 Å². The van der Waals surface area contributed by atoms with E-state index < -0.39 is 0 Å². The number of amides is 2. The number of methoxy groups -OCH3 is 1. The van der Waals surface area contributed by atoms with Crippen LogP contribution in [0.5, 0.6) is 5.75 Å². The van der Waals surface area contributed by atoms with Gasteiger partial charge in [-0.05, 0) is 42.7 Å². The van der Waals surface area contributed by atoms with E-state index in [4.69, 9.17) is 4.74 Å². The molecule has 2 aromatic carbocycles. The van der Waals surface area contributed by atoms with Crippen LogP contribution in [0.25, 0.3) is 0 Å². The number of carbonyl (C=O) groups is 2. The highest BCUT2D eigenvalue weighted by Crippen LogP contribution is 2.32. The Balaban J connectivity index is 1.37. The lowest BCUT2D eigenvalue weighted by Gasteiger charge is -2.37. The number of nitrogens with zero attached hydrogens (tertiary/aromatic N) is 3. The molecule has 0 spiro atoms. The summed E-state index contributed by atoms with van der Waals surface area (Å²) in [5, 5.41) is 0. The summed E-state index contributed by atoms with van der Waals surface area (Å²) in [5.41, 5.74) is 2.80. The van der Waals surface area contributed by atoms with Crippen molar-refractivity contribution in [2.24, 2.45) is 0 Å². The third kappa shape index (κ3) is 3.92. The predicted octanol–water partition coefficient (Wildman–Crippen LogP) is 2.82. The van der Waals surface area contributed by atoms with Crippen LogP contribution in [0, 0.1) is 0 Å². The molecule has 6 heteroatoms. The first-order valence-corrected chi connectivity index (χ1v) is 10.7. The quantitative estimate of drug-likeness (QED) is 0.765. The van der Waals surface area contributed by atoms with Crippen LogP contribution in [-0.2, 0) is 11.2 Å². The fourth-order valence-corrected chi connectivity index (χ4v) is 4.40. The fraction of sp³-hybridized carbons (Fsp3) is 0.417. The van der Waals surface area contributed by atoms with Crippen LogP contribution in [0.15, 0.2) is 48.5 Å². The predicted molar refractivity (Wildman–Crippen MR) is 117 cm³/mol. The molecule has 0 bridgehead atoms. The molecule has 158 valence electrons. The second-order valence-corrected chi connectivity index (χ2v) is 7.84. The van der Waals surface area contributed by atoms with Crippen LogP contribution in [0.3, 0.4) is 0 Å². The van der Waals surface area contributed by atoms with E-state index in [2.05, 4.69) is 11.8 Å². The third-order valence-corrected chi connectivity index (χ3v) is 6.20. The molecule has 0 N–H and O–H groups in total. The van der Waals surface area contributed by atoms with Crippen molar-refractivity contribution in [2.75, 3.05) is 44.7 Å². The van der Waals surface area contributed by atoms with Gasteiger partial charge in [-0.1, -0.05) is 31.2 Å². The number of rotatable bonds is 5. The van der Waals surface area contributed by atoms with Gasteiger partial charge in [-0.3, -0.25) is 14.5 Å². The Kier molecular flexibility index (Phi) is 6.04. The largest absolute Gasteiger partial charge is 0.495 e. The number of aryl methyl sites for hydroxylation is 1. The number of carbonyl (C=O) groups excluding carboxylic acids is 2. The normalized spacial score (nSPS) is 19.9. The Morgan fingerprint density at radius 2 is 1.70 bits per heavy atom. The van der Waals surface area contributed by atoms with E-state index in [9.17, 15) is 9.59 Å². The molecule has 0 saturated carbocycles. The fourth-order valence-electron chi connectivity index (χ4n) is 4.40. The standard InChI is InChI=1S/C24H29N3O3/c1-3-18-8-10-19(11-9-18)23(28)26-16-14-25(15-17-26)21-12-13-27(24(21)29)20-6-4-5-7-22(20)30-2/h4-11,21H,3,12-17H2,1-2H3. The van der Waals surface area contributed by atoms with E-state index in [0.29, 0.717) is 19.6 Å². The van der Waals surface area contributed by atoms with E-state index in [1.54, 1.807) is 7.11 Å². The highest BCUT2D eigenvalue weighted by Gasteiger charge is 2.39. The molecule has 2 aliphatic heterocycles. The average molecular weight is 408 g/mol. The Hall–Kier alpha value is -2.86. The lowest BCUT2D eigenvalue weighted by molar-refractivity contribution is -0.122. The Morgan fingerprint density at radius 1 is 1.00 bits per heavy atom. The van der Waals surface area contributed by atoms with E-state index >= 15 is 0 Å². The zero-order valence-corrected chi connectivity index (χ0v) is 17.7. The Labute approximate surface area is 178 Å². The summed E-state index contributed by atoms with van der Waals surface area (Å²) < 4.78 is 5.43. The molecule has 0 aliphatic carbocycles. The highest BCUT2D eigenvalue weighted by atomic mass is 16.5. The number of benzene rings is 2. The highest BCUT2D eigenvalue weighted by molar-refractivity contribution is 6.00. The molecule has 2 amide bonds. The van der Waals surface area contributed by atoms with E-state index in [-0.39, 0.29) is 17.9 Å². The van der Waals surface area contributed by atoms with Crippen LogP contribution >= 0.6 is 0 Å². The maximum Gasteiger partial charge on any atom is 0.253 e.